The van der Waals surface area contributed by atoms with Gasteiger partial charge in [-0.3, -0.25) is 9.78 Å². The van der Waals surface area contributed by atoms with Crippen molar-refractivity contribution in [2.45, 2.75) is 74.7 Å². The van der Waals surface area contributed by atoms with Crippen LogP contribution in [0.25, 0.3) is 5.69 Å². The topological polar surface area (TPSA) is 69.0 Å². The van der Waals surface area contributed by atoms with Gasteiger partial charge in [0, 0.05) is 29.2 Å². The van der Waals surface area contributed by atoms with Gasteiger partial charge in [0.2, 0.25) is 0 Å². The smallest absolute Gasteiger partial charge is 0.187 e. The molecule has 0 saturated heterocycles. The standard InChI is InChI=1S/C30H33FN2O3S/c31-23-10-12-24(13-11-23)33-17-15-21-19-30(29(34)27-8-4-5-16-32-27)20-26(14-9-22(30)18-28(21)33)37(35,36)25-6-2-1-3-7-25/h4-5,8,10-13,15-17,22,25-26H,1-3,6-7,9,14,18-20H2/t22?,26-,30-/m0/s1. The van der Waals surface area contributed by atoms with E-state index in [9.17, 15) is 17.6 Å². The third-order valence-corrected chi connectivity index (χ3v) is 11.9. The maximum absolute atomic E-state index is 14.2. The van der Waals surface area contributed by atoms with Crippen molar-refractivity contribution in [1.29, 1.82) is 0 Å². The lowest BCUT2D eigenvalue weighted by atomic mass is 9.56. The van der Waals surface area contributed by atoms with Crippen LogP contribution in [0.2, 0.25) is 0 Å². The van der Waals surface area contributed by atoms with Crippen LogP contribution < -0.4 is 0 Å². The van der Waals surface area contributed by atoms with E-state index in [0.29, 0.717) is 37.8 Å². The molecule has 1 unspecified atom stereocenters. The molecule has 2 aromatic heterocycles. The lowest BCUT2D eigenvalue weighted by molar-refractivity contribution is 0.0487. The van der Waals surface area contributed by atoms with Crippen molar-refractivity contribution in [3.05, 3.63) is 83.7 Å². The van der Waals surface area contributed by atoms with Crippen molar-refractivity contribution in [1.82, 2.24) is 9.55 Å². The second-order valence-corrected chi connectivity index (χ2v) is 13.7. The highest BCUT2D eigenvalue weighted by atomic mass is 32.2. The Morgan fingerprint density at radius 2 is 1.73 bits per heavy atom. The predicted molar refractivity (Wildman–Crippen MR) is 141 cm³/mol. The first-order valence-electron chi connectivity index (χ1n) is 13.5. The summed E-state index contributed by atoms with van der Waals surface area (Å²) in [5.41, 5.74) is 2.72. The van der Waals surface area contributed by atoms with Crippen molar-refractivity contribution in [2.24, 2.45) is 11.3 Å². The molecule has 37 heavy (non-hydrogen) atoms. The molecule has 3 aliphatic rings. The minimum atomic E-state index is -3.32. The van der Waals surface area contributed by atoms with E-state index in [-0.39, 0.29) is 22.8 Å². The molecule has 0 amide bonds. The summed E-state index contributed by atoms with van der Waals surface area (Å²) in [6.07, 6.45) is 11.0. The number of aromatic nitrogens is 2. The monoisotopic (exact) mass is 520 g/mol. The number of carbonyl (C=O) groups is 1. The largest absolute Gasteiger partial charge is 0.321 e. The average molecular weight is 521 g/mol. The van der Waals surface area contributed by atoms with Gasteiger partial charge in [-0.1, -0.05) is 25.3 Å². The Balaban J connectivity index is 1.39. The van der Waals surface area contributed by atoms with Crippen molar-refractivity contribution >= 4 is 15.6 Å². The second-order valence-electron chi connectivity index (χ2n) is 11.2. The number of rotatable bonds is 5. The summed E-state index contributed by atoms with van der Waals surface area (Å²) < 4.78 is 43.3. The third kappa shape index (κ3) is 4.25. The summed E-state index contributed by atoms with van der Waals surface area (Å²) in [6, 6.07) is 13.9. The lowest BCUT2D eigenvalue weighted by Gasteiger charge is -2.49. The fourth-order valence-corrected chi connectivity index (χ4v) is 9.75. The predicted octanol–water partition coefficient (Wildman–Crippen LogP) is 5.90. The summed E-state index contributed by atoms with van der Waals surface area (Å²) in [6.45, 7) is 0. The number of hydrogen-bond acceptors (Lipinski definition) is 4. The molecule has 2 fully saturated rings. The second kappa shape index (κ2) is 9.50. The van der Waals surface area contributed by atoms with E-state index < -0.39 is 20.5 Å². The number of hydrogen-bond donors (Lipinski definition) is 0. The summed E-state index contributed by atoms with van der Waals surface area (Å²) in [5, 5.41) is -0.760. The Hall–Kier alpha value is -2.80. The van der Waals surface area contributed by atoms with Gasteiger partial charge >= 0.3 is 0 Å². The molecule has 0 N–H and O–H groups in total. The molecule has 194 valence electrons. The summed E-state index contributed by atoms with van der Waals surface area (Å²) in [7, 11) is -3.32. The molecule has 2 heterocycles. The van der Waals surface area contributed by atoms with E-state index in [1.54, 1.807) is 30.5 Å². The van der Waals surface area contributed by atoms with Crippen LogP contribution in [0.3, 0.4) is 0 Å². The highest BCUT2D eigenvalue weighted by Gasteiger charge is 2.55. The van der Waals surface area contributed by atoms with Gasteiger partial charge in [-0.05, 0) is 98.9 Å². The highest BCUT2D eigenvalue weighted by molar-refractivity contribution is 7.92. The van der Waals surface area contributed by atoms with E-state index >= 15 is 0 Å². The molecule has 5 nitrogen and oxygen atoms in total. The van der Waals surface area contributed by atoms with Gasteiger partial charge in [-0.25, -0.2) is 12.8 Å². The molecule has 6 rings (SSSR count). The minimum Gasteiger partial charge on any atom is -0.321 e. The normalized spacial score (nSPS) is 26.3. The molecular weight excluding hydrogens is 487 g/mol. The Morgan fingerprint density at radius 1 is 0.946 bits per heavy atom. The Labute approximate surface area is 218 Å². The molecule has 0 spiro atoms. The van der Waals surface area contributed by atoms with E-state index in [0.717, 1.165) is 49.0 Å². The van der Waals surface area contributed by atoms with Crippen LogP contribution in [-0.4, -0.2) is 34.3 Å². The number of nitrogens with zero attached hydrogens (tertiary/aromatic N) is 2. The maximum atomic E-state index is 14.2. The van der Waals surface area contributed by atoms with Gasteiger partial charge in [-0.2, -0.15) is 0 Å². The fourth-order valence-electron chi connectivity index (χ4n) is 7.22. The maximum Gasteiger partial charge on any atom is 0.187 e. The first kappa shape index (κ1) is 24.5. The molecule has 0 radical (unpaired) electrons. The van der Waals surface area contributed by atoms with Gasteiger partial charge in [0.15, 0.2) is 15.6 Å². The molecule has 1 aromatic carbocycles. The quantitative estimate of drug-likeness (QED) is 0.393. The molecule has 3 aromatic rings. The van der Waals surface area contributed by atoms with Crippen LogP contribution >= 0.6 is 0 Å². The highest BCUT2D eigenvalue weighted by Crippen LogP contribution is 2.53. The van der Waals surface area contributed by atoms with E-state index in [2.05, 4.69) is 9.55 Å². The molecule has 3 atom stereocenters. The Bertz CT molecular complexity index is 1390. The summed E-state index contributed by atoms with van der Waals surface area (Å²) >= 11 is 0. The lowest BCUT2D eigenvalue weighted by Crippen LogP contribution is -2.52. The van der Waals surface area contributed by atoms with Gasteiger partial charge in [-0.15, -0.1) is 0 Å². The van der Waals surface area contributed by atoms with Gasteiger partial charge < -0.3 is 4.57 Å². The van der Waals surface area contributed by atoms with Crippen LogP contribution in [0.15, 0.2) is 60.9 Å². The molecule has 3 aliphatic carbocycles. The first-order chi connectivity index (χ1) is 17.9. The molecule has 0 aliphatic heterocycles. The summed E-state index contributed by atoms with van der Waals surface area (Å²) in [4.78, 5) is 18.6. The van der Waals surface area contributed by atoms with Crippen molar-refractivity contribution < 1.29 is 17.6 Å². The van der Waals surface area contributed by atoms with Crippen molar-refractivity contribution in [2.75, 3.05) is 0 Å². The zero-order valence-corrected chi connectivity index (χ0v) is 21.8. The fraction of sp³-hybridized carbons (Fsp3) is 0.467. The first-order valence-corrected chi connectivity index (χ1v) is 15.1. The third-order valence-electron chi connectivity index (χ3n) is 9.18. The van der Waals surface area contributed by atoms with Gasteiger partial charge in [0.05, 0.1) is 10.5 Å². The van der Waals surface area contributed by atoms with Gasteiger partial charge in [0.25, 0.3) is 0 Å². The number of halogens is 1. The minimum absolute atomic E-state index is 0.0261. The number of carbonyl (C=O) groups excluding carboxylic acids is 1. The number of sulfone groups is 1. The summed E-state index contributed by atoms with van der Waals surface area (Å²) in [5.74, 6) is -0.273. The number of pyridine rings is 1. The zero-order valence-electron chi connectivity index (χ0n) is 21.0. The van der Waals surface area contributed by atoms with Crippen LogP contribution in [0.5, 0.6) is 0 Å². The van der Waals surface area contributed by atoms with Crippen LogP contribution in [0, 0.1) is 17.2 Å². The van der Waals surface area contributed by atoms with E-state index in [1.165, 1.54) is 12.1 Å². The number of Topliss-reactive ketones (excluding diaryl/α,β-unsaturated/α-hetero) is 1. The number of benzene rings is 1. The Kier molecular flexibility index (Phi) is 6.30. The van der Waals surface area contributed by atoms with Crippen molar-refractivity contribution in [3.8, 4) is 5.69 Å². The molecule has 7 heteroatoms. The Morgan fingerprint density at radius 3 is 2.46 bits per heavy atom. The number of ketones is 1. The molecular formula is C30H33FN2O3S. The molecule has 0 bridgehead atoms. The number of fused-ring (bicyclic) bond motifs is 2. The van der Waals surface area contributed by atoms with Gasteiger partial charge in [0.1, 0.15) is 11.5 Å². The van der Waals surface area contributed by atoms with Crippen LogP contribution in [0.4, 0.5) is 4.39 Å². The van der Waals surface area contributed by atoms with E-state index in [1.807, 2.05) is 18.3 Å². The zero-order chi connectivity index (χ0) is 25.6. The van der Waals surface area contributed by atoms with Crippen LogP contribution in [-0.2, 0) is 22.7 Å². The van der Waals surface area contributed by atoms with Crippen LogP contribution in [0.1, 0.15) is 73.1 Å². The SMILES string of the molecule is O=C(c1ccccn1)[C@]12Cc3ccn(-c4ccc(F)cc4)c3CC1CC[C@H](S(=O)(=O)C1CCCCC1)C2. The average Bonchev–Trinajstić information content (AvgIpc) is 3.34. The molecule has 2 saturated carbocycles. The van der Waals surface area contributed by atoms with E-state index in [4.69, 9.17) is 0 Å². The van der Waals surface area contributed by atoms with Crippen molar-refractivity contribution in [3.63, 3.8) is 0 Å².